The Morgan fingerprint density at radius 3 is 2.55 bits per heavy atom. The highest BCUT2D eigenvalue weighted by molar-refractivity contribution is 7.20. The number of ether oxygens (including phenoxy) is 1. The average molecular weight is 320 g/mol. The molecule has 0 aliphatic rings. The lowest BCUT2D eigenvalue weighted by Crippen LogP contribution is -2.26. The first-order valence-corrected chi connectivity index (χ1v) is 7.54. The third-order valence-electron chi connectivity index (χ3n) is 3.31. The van der Waals surface area contributed by atoms with Crippen molar-refractivity contribution in [2.45, 2.75) is 20.8 Å². The van der Waals surface area contributed by atoms with Crippen LogP contribution < -0.4 is 0 Å². The summed E-state index contributed by atoms with van der Waals surface area (Å²) in [7, 11) is 3.03. The van der Waals surface area contributed by atoms with E-state index in [4.69, 9.17) is 4.74 Å². The van der Waals surface area contributed by atoms with Gasteiger partial charge in [-0.3, -0.25) is 9.36 Å². The van der Waals surface area contributed by atoms with Gasteiger partial charge in [-0.15, -0.1) is 16.4 Å². The highest BCUT2D eigenvalue weighted by Gasteiger charge is 2.30. The summed E-state index contributed by atoms with van der Waals surface area (Å²) in [6.45, 7) is 5.54. The SMILES string of the molecule is COC(=O)c1cc2c3nn(C)nc3n(C(=O)C(C)(C)C)c2s1. The Labute approximate surface area is 130 Å². The van der Waals surface area contributed by atoms with Gasteiger partial charge in [0.25, 0.3) is 0 Å². The highest BCUT2D eigenvalue weighted by Crippen LogP contribution is 2.35. The second kappa shape index (κ2) is 4.64. The van der Waals surface area contributed by atoms with Gasteiger partial charge in [-0.2, -0.15) is 9.90 Å². The maximum atomic E-state index is 12.8. The van der Waals surface area contributed by atoms with Crippen LogP contribution in [0.25, 0.3) is 21.4 Å². The van der Waals surface area contributed by atoms with Crippen molar-refractivity contribution in [2.75, 3.05) is 7.11 Å². The molecule has 8 heteroatoms. The van der Waals surface area contributed by atoms with Gasteiger partial charge in [-0.1, -0.05) is 20.8 Å². The number of rotatable bonds is 1. The van der Waals surface area contributed by atoms with Crippen molar-refractivity contribution in [3.05, 3.63) is 10.9 Å². The molecule has 0 saturated heterocycles. The van der Waals surface area contributed by atoms with Gasteiger partial charge in [0.1, 0.15) is 15.2 Å². The average Bonchev–Trinajstić information content (AvgIpc) is 3.06. The normalized spacial score (nSPS) is 12.2. The molecule has 0 atom stereocenters. The molecule has 0 unspecified atom stereocenters. The number of hydrogen-bond donors (Lipinski definition) is 0. The third kappa shape index (κ3) is 2.02. The molecule has 22 heavy (non-hydrogen) atoms. The lowest BCUT2D eigenvalue weighted by atomic mass is 9.96. The lowest BCUT2D eigenvalue weighted by Gasteiger charge is -2.17. The molecular weight excluding hydrogens is 304 g/mol. The van der Waals surface area contributed by atoms with Crippen molar-refractivity contribution >= 4 is 44.6 Å². The first-order chi connectivity index (χ1) is 10.2. The van der Waals surface area contributed by atoms with Crippen molar-refractivity contribution in [3.63, 3.8) is 0 Å². The first kappa shape index (κ1) is 14.7. The summed E-state index contributed by atoms with van der Waals surface area (Å²) >= 11 is 1.22. The van der Waals surface area contributed by atoms with Gasteiger partial charge >= 0.3 is 5.97 Å². The number of fused-ring (bicyclic) bond motifs is 3. The molecule has 0 N–H and O–H groups in total. The molecule has 0 fully saturated rings. The molecule has 0 aliphatic carbocycles. The van der Waals surface area contributed by atoms with Crippen LogP contribution in [0.3, 0.4) is 0 Å². The van der Waals surface area contributed by atoms with E-state index >= 15 is 0 Å². The van der Waals surface area contributed by atoms with Crippen molar-refractivity contribution in [3.8, 4) is 0 Å². The van der Waals surface area contributed by atoms with Gasteiger partial charge in [-0.25, -0.2) is 4.79 Å². The topological polar surface area (TPSA) is 79.0 Å². The first-order valence-electron chi connectivity index (χ1n) is 6.72. The summed E-state index contributed by atoms with van der Waals surface area (Å²) in [5.41, 5.74) is 0.549. The summed E-state index contributed by atoms with van der Waals surface area (Å²) in [4.78, 5) is 27.1. The second-order valence-corrected chi connectivity index (χ2v) is 7.10. The maximum absolute atomic E-state index is 12.8. The monoisotopic (exact) mass is 320 g/mol. The van der Waals surface area contributed by atoms with E-state index in [-0.39, 0.29) is 5.91 Å². The molecule has 0 saturated carbocycles. The number of thiophene rings is 1. The number of carbonyl (C=O) groups is 2. The van der Waals surface area contributed by atoms with Crippen molar-refractivity contribution in [1.29, 1.82) is 0 Å². The molecule has 0 bridgehead atoms. The zero-order valence-electron chi connectivity index (χ0n) is 13.0. The van der Waals surface area contributed by atoms with E-state index in [9.17, 15) is 9.59 Å². The van der Waals surface area contributed by atoms with Crippen LogP contribution in [0.1, 0.15) is 35.2 Å². The van der Waals surface area contributed by atoms with Crippen molar-refractivity contribution in [2.24, 2.45) is 12.5 Å². The molecule has 3 heterocycles. The number of aryl methyl sites for hydroxylation is 1. The van der Waals surface area contributed by atoms with Gasteiger partial charge in [0.2, 0.25) is 5.91 Å². The van der Waals surface area contributed by atoms with Crippen LogP contribution in [0.2, 0.25) is 0 Å². The Bertz CT molecular complexity index is 910. The Kier molecular flexibility index (Phi) is 3.10. The number of esters is 1. The van der Waals surface area contributed by atoms with E-state index in [2.05, 4.69) is 10.2 Å². The minimum absolute atomic E-state index is 0.0914. The third-order valence-corrected chi connectivity index (χ3v) is 4.41. The number of nitrogens with zero attached hydrogens (tertiary/aromatic N) is 4. The van der Waals surface area contributed by atoms with Crippen LogP contribution in [0, 0.1) is 5.41 Å². The predicted octanol–water partition coefficient (Wildman–Crippen LogP) is 2.46. The summed E-state index contributed by atoms with van der Waals surface area (Å²) in [5, 5.41) is 9.34. The molecule has 116 valence electrons. The Balaban J connectivity index is 2.37. The van der Waals surface area contributed by atoms with Gasteiger partial charge in [-0.05, 0) is 6.07 Å². The predicted molar refractivity (Wildman–Crippen MR) is 83.3 cm³/mol. The zero-order valence-corrected chi connectivity index (χ0v) is 13.8. The fourth-order valence-electron chi connectivity index (χ4n) is 2.26. The molecule has 0 aliphatic heterocycles. The zero-order chi connectivity index (χ0) is 16.2. The van der Waals surface area contributed by atoms with E-state index in [1.54, 1.807) is 17.7 Å². The smallest absolute Gasteiger partial charge is 0.348 e. The van der Waals surface area contributed by atoms with Crippen LogP contribution in [-0.4, -0.2) is 38.5 Å². The highest BCUT2D eigenvalue weighted by atomic mass is 32.1. The van der Waals surface area contributed by atoms with Crippen LogP contribution in [0.15, 0.2) is 6.07 Å². The van der Waals surface area contributed by atoms with Crippen LogP contribution in [0.5, 0.6) is 0 Å². The second-order valence-electron chi connectivity index (χ2n) is 6.07. The lowest BCUT2D eigenvalue weighted by molar-refractivity contribution is 0.0606. The molecule has 0 spiro atoms. The van der Waals surface area contributed by atoms with Gasteiger partial charge in [0, 0.05) is 17.8 Å². The largest absolute Gasteiger partial charge is 0.465 e. The summed E-state index contributed by atoms with van der Waals surface area (Å²) in [6, 6.07) is 1.70. The number of aromatic nitrogens is 4. The number of methoxy groups -OCH3 is 1. The summed E-state index contributed by atoms with van der Waals surface area (Å²) in [5.74, 6) is -0.515. The molecule has 3 aromatic heterocycles. The summed E-state index contributed by atoms with van der Waals surface area (Å²) < 4.78 is 6.31. The van der Waals surface area contributed by atoms with E-state index in [0.29, 0.717) is 20.9 Å². The fraction of sp³-hybridized carbons (Fsp3) is 0.429. The minimum Gasteiger partial charge on any atom is -0.465 e. The van der Waals surface area contributed by atoms with Crippen molar-refractivity contribution in [1.82, 2.24) is 19.6 Å². The van der Waals surface area contributed by atoms with E-state index in [0.717, 1.165) is 5.39 Å². The molecule has 3 rings (SSSR count). The molecular formula is C14H16N4O3S. The van der Waals surface area contributed by atoms with Gasteiger partial charge < -0.3 is 4.74 Å². The quantitative estimate of drug-likeness (QED) is 0.644. The van der Waals surface area contributed by atoms with Gasteiger partial charge in [0.05, 0.1) is 7.11 Å². The Hall–Kier alpha value is -2.22. The number of carbonyl (C=O) groups excluding carboxylic acids is 2. The minimum atomic E-state index is -0.578. The molecule has 0 radical (unpaired) electrons. The Morgan fingerprint density at radius 1 is 1.27 bits per heavy atom. The maximum Gasteiger partial charge on any atom is 0.348 e. The van der Waals surface area contributed by atoms with Crippen LogP contribution in [-0.2, 0) is 11.8 Å². The molecule has 0 aromatic carbocycles. The molecule has 7 nitrogen and oxygen atoms in total. The molecule has 3 aromatic rings. The molecule has 0 amide bonds. The van der Waals surface area contributed by atoms with Crippen molar-refractivity contribution < 1.29 is 14.3 Å². The Morgan fingerprint density at radius 2 is 1.95 bits per heavy atom. The van der Waals surface area contributed by atoms with E-state index in [1.165, 1.54) is 23.2 Å². The van der Waals surface area contributed by atoms with E-state index < -0.39 is 11.4 Å². The number of hydrogen-bond acceptors (Lipinski definition) is 6. The fourth-order valence-corrected chi connectivity index (χ4v) is 3.34. The van der Waals surface area contributed by atoms with Crippen LogP contribution in [0.4, 0.5) is 0 Å². The van der Waals surface area contributed by atoms with E-state index in [1.807, 2.05) is 20.8 Å². The standard InChI is InChI=1S/C14H16N4O3S/c1-14(2,3)13(20)18-10-9(15-17(4)16-10)7-6-8(12(19)21-5)22-11(7)18/h6H,1-5H3. The van der Waals surface area contributed by atoms with Gasteiger partial charge in [0.15, 0.2) is 5.65 Å². The van der Waals surface area contributed by atoms with Crippen LogP contribution >= 0.6 is 11.3 Å². The summed E-state index contributed by atoms with van der Waals surface area (Å²) in [6.07, 6.45) is 0.